The van der Waals surface area contributed by atoms with E-state index in [9.17, 15) is 5.11 Å². The molecule has 0 aromatic carbocycles. The van der Waals surface area contributed by atoms with E-state index in [2.05, 4.69) is 11.9 Å². The summed E-state index contributed by atoms with van der Waals surface area (Å²) in [6, 6.07) is 0.358. The van der Waals surface area contributed by atoms with Crippen molar-refractivity contribution >= 4 is 0 Å². The van der Waals surface area contributed by atoms with Gasteiger partial charge < -0.3 is 14.7 Å². The van der Waals surface area contributed by atoms with Gasteiger partial charge in [0.2, 0.25) is 0 Å². The Hall–Kier alpha value is -0.120. The van der Waals surface area contributed by atoms with E-state index in [0.29, 0.717) is 6.04 Å². The molecule has 0 spiro atoms. The number of nitrogens with zero attached hydrogens (tertiary/aromatic N) is 1. The maximum absolute atomic E-state index is 10.1. The van der Waals surface area contributed by atoms with E-state index in [1.54, 1.807) is 7.11 Å². The summed E-state index contributed by atoms with van der Waals surface area (Å²) in [5, 5.41) is 10.1. The van der Waals surface area contributed by atoms with Crippen LogP contribution in [-0.4, -0.2) is 49.5 Å². The van der Waals surface area contributed by atoms with Gasteiger partial charge in [0.1, 0.15) is 0 Å². The second-order valence-corrected chi connectivity index (χ2v) is 4.95. The fourth-order valence-electron chi connectivity index (χ4n) is 2.58. The van der Waals surface area contributed by atoms with Crippen LogP contribution in [0.25, 0.3) is 0 Å². The molecule has 0 heterocycles. The zero-order valence-electron chi connectivity index (χ0n) is 10.8. The summed E-state index contributed by atoms with van der Waals surface area (Å²) in [5.41, 5.74) is 0. The van der Waals surface area contributed by atoms with Crippen LogP contribution in [-0.2, 0) is 4.74 Å². The van der Waals surface area contributed by atoms with Gasteiger partial charge in [-0.3, -0.25) is 0 Å². The van der Waals surface area contributed by atoms with Crippen LogP contribution < -0.4 is 0 Å². The van der Waals surface area contributed by atoms with Crippen LogP contribution >= 0.6 is 0 Å². The van der Waals surface area contributed by atoms with E-state index in [1.165, 1.54) is 25.7 Å². The summed E-state index contributed by atoms with van der Waals surface area (Å²) in [6.45, 7) is 1.84. The summed E-state index contributed by atoms with van der Waals surface area (Å²) >= 11 is 0. The molecule has 0 aliphatic heterocycles. The largest absolute Gasteiger partial charge is 0.391 e. The highest BCUT2D eigenvalue weighted by Gasteiger charge is 2.23. The topological polar surface area (TPSA) is 32.7 Å². The van der Waals surface area contributed by atoms with Crippen LogP contribution in [0.5, 0.6) is 0 Å². The van der Waals surface area contributed by atoms with Crippen molar-refractivity contribution < 1.29 is 9.84 Å². The van der Waals surface area contributed by atoms with Crippen molar-refractivity contribution in [3.63, 3.8) is 0 Å². The molecule has 1 fully saturated rings. The van der Waals surface area contributed by atoms with Gasteiger partial charge >= 0.3 is 0 Å². The third-order valence-electron chi connectivity index (χ3n) is 3.62. The average molecular weight is 229 g/mol. The minimum atomic E-state index is -0.132. The highest BCUT2D eigenvalue weighted by molar-refractivity contribution is 4.79. The molecule has 0 aromatic rings. The lowest BCUT2D eigenvalue weighted by atomic mass is 9.93. The van der Waals surface area contributed by atoms with Crippen LogP contribution in [0.15, 0.2) is 0 Å². The third kappa shape index (κ3) is 4.81. The SMILES string of the molecule is COCCCN(C)C1CCCCCCC1O. The lowest BCUT2D eigenvalue weighted by Gasteiger charge is -2.33. The van der Waals surface area contributed by atoms with Crippen LogP contribution in [0.3, 0.4) is 0 Å². The number of aliphatic hydroxyl groups is 1. The number of rotatable bonds is 5. The first-order valence-corrected chi connectivity index (χ1v) is 6.63. The molecule has 2 atom stereocenters. The minimum Gasteiger partial charge on any atom is -0.391 e. The van der Waals surface area contributed by atoms with Gasteiger partial charge in [-0.15, -0.1) is 0 Å². The molecule has 0 aromatic heterocycles. The molecule has 3 heteroatoms. The predicted octanol–water partition coefficient (Wildman–Crippen LogP) is 2.04. The third-order valence-corrected chi connectivity index (χ3v) is 3.62. The van der Waals surface area contributed by atoms with Gasteiger partial charge in [0.25, 0.3) is 0 Å². The van der Waals surface area contributed by atoms with Crippen molar-refractivity contribution in [2.45, 2.75) is 57.1 Å². The van der Waals surface area contributed by atoms with Crippen molar-refractivity contribution in [2.24, 2.45) is 0 Å². The number of hydrogen-bond donors (Lipinski definition) is 1. The Bertz CT molecular complexity index is 175. The van der Waals surface area contributed by atoms with Gasteiger partial charge in [0.05, 0.1) is 6.10 Å². The van der Waals surface area contributed by atoms with E-state index in [4.69, 9.17) is 4.74 Å². The number of likely N-dealkylation sites (N-methyl/N-ethyl adjacent to an activating group) is 1. The number of ether oxygens (including phenoxy) is 1. The Morgan fingerprint density at radius 1 is 1.19 bits per heavy atom. The second kappa shape index (κ2) is 8.04. The van der Waals surface area contributed by atoms with E-state index < -0.39 is 0 Å². The fraction of sp³-hybridized carbons (Fsp3) is 1.00. The molecule has 1 N–H and O–H groups in total. The smallest absolute Gasteiger partial charge is 0.0695 e. The summed E-state index contributed by atoms with van der Waals surface area (Å²) in [5.74, 6) is 0. The molecular formula is C13H27NO2. The molecular weight excluding hydrogens is 202 g/mol. The van der Waals surface area contributed by atoms with Crippen LogP contribution in [0.4, 0.5) is 0 Å². The summed E-state index contributed by atoms with van der Waals surface area (Å²) in [4.78, 5) is 2.31. The fourth-order valence-corrected chi connectivity index (χ4v) is 2.58. The molecule has 1 saturated carbocycles. The summed E-state index contributed by atoms with van der Waals surface area (Å²) < 4.78 is 5.06. The Labute approximate surface area is 99.8 Å². The monoisotopic (exact) mass is 229 g/mol. The van der Waals surface area contributed by atoms with Gasteiger partial charge in [-0.1, -0.05) is 25.7 Å². The van der Waals surface area contributed by atoms with Gasteiger partial charge in [0.15, 0.2) is 0 Å². The molecule has 0 radical (unpaired) electrons. The van der Waals surface area contributed by atoms with E-state index in [0.717, 1.165) is 32.4 Å². The number of methoxy groups -OCH3 is 1. The van der Waals surface area contributed by atoms with E-state index >= 15 is 0 Å². The first-order chi connectivity index (χ1) is 7.75. The van der Waals surface area contributed by atoms with E-state index in [1.807, 2.05) is 0 Å². The van der Waals surface area contributed by atoms with Crippen molar-refractivity contribution in [3.05, 3.63) is 0 Å². The Balaban J connectivity index is 2.33. The second-order valence-electron chi connectivity index (χ2n) is 4.95. The van der Waals surface area contributed by atoms with Crippen LogP contribution in [0, 0.1) is 0 Å². The van der Waals surface area contributed by atoms with E-state index in [-0.39, 0.29) is 6.10 Å². The van der Waals surface area contributed by atoms with Crippen molar-refractivity contribution in [1.29, 1.82) is 0 Å². The Morgan fingerprint density at radius 3 is 2.56 bits per heavy atom. The normalized spacial score (nSPS) is 27.8. The molecule has 3 nitrogen and oxygen atoms in total. The van der Waals surface area contributed by atoms with Gasteiger partial charge in [-0.25, -0.2) is 0 Å². The summed E-state index contributed by atoms with van der Waals surface area (Å²) in [6.07, 6.45) is 8.10. The summed E-state index contributed by atoms with van der Waals surface area (Å²) in [7, 11) is 3.87. The molecule has 2 unspecified atom stereocenters. The molecule has 1 rings (SSSR count). The molecule has 0 saturated heterocycles. The quantitative estimate of drug-likeness (QED) is 0.732. The van der Waals surface area contributed by atoms with Crippen molar-refractivity contribution in [3.8, 4) is 0 Å². The molecule has 0 bridgehead atoms. The highest BCUT2D eigenvalue weighted by Crippen LogP contribution is 2.21. The van der Waals surface area contributed by atoms with Gasteiger partial charge in [-0.2, -0.15) is 0 Å². The molecule has 16 heavy (non-hydrogen) atoms. The van der Waals surface area contributed by atoms with Crippen molar-refractivity contribution in [2.75, 3.05) is 27.3 Å². The standard InChI is InChI=1S/C13H27NO2/c1-14(10-7-11-16-2)12-8-5-3-4-6-9-13(12)15/h12-13,15H,3-11H2,1-2H3. The Kier molecular flexibility index (Phi) is 7.01. The van der Waals surface area contributed by atoms with Crippen molar-refractivity contribution in [1.82, 2.24) is 4.90 Å². The number of hydrogen-bond acceptors (Lipinski definition) is 3. The lowest BCUT2D eigenvalue weighted by molar-refractivity contribution is 0.0403. The minimum absolute atomic E-state index is 0.132. The maximum atomic E-state index is 10.1. The van der Waals surface area contributed by atoms with Gasteiger partial charge in [0, 0.05) is 26.3 Å². The van der Waals surface area contributed by atoms with Gasteiger partial charge in [-0.05, 0) is 26.3 Å². The molecule has 96 valence electrons. The predicted molar refractivity (Wildman–Crippen MR) is 66.6 cm³/mol. The zero-order valence-corrected chi connectivity index (χ0v) is 10.8. The Morgan fingerprint density at radius 2 is 1.88 bits per heavy atom. The average Bonchev–Trinajstić information content (AvgIpc) is 2.24. The van der Waals surface area contributed by atoms with Crippen LogP contribution in [0.2, 0.25) is 0 Å². The zero-order chi connectivity index (χ0) is 11.8. The number of aliphatic hydroxyl groups excluding tert-OH is 1. The first-order valence-electron chi connectivity index (χ1n) is 6.63. The molecule has 0 amide bonds. The molecule has 1 aliphatic rings. The molecule has 1 aliphatic carbocycles. The highest BCUT2D eigenvalue weighted by atomic mass is 16.5. The maximum Gasteiger partial charge on any atom is 0.0695 e. The lowest BCUT2D eigenvalue weighted by Crippen LogP contribution is -2.42. The first kappa shape index (κ1) is 13.9. The van der Waals surface area contributed by atoms with Crippen LogP contribution in [0.1, 0.15) is 44.9 Å².